The number of carbonyl (C=O) groups is 1. The Morgan fingerprint density at radius 1 is 1.10 bits per heavy atom. The summed E-state index contributed by atoms with van der Waals surface area (Å²) in [5.41, 5.74) is 2.31. The van der Waals surface area contributed by atoms with Crippen LogP contribution in [0.3, 0.4) is 0 Å². The van der Waals surface area contributed by atoms with Crippen LogP contribution in [-0.2, 0) is 11.2 Å². The molecule has 0 fully saturated rings. The van der Waals surface area contributed by atoms with Gasteiger partial charge in [-0.2, -0.15) is 0 Å². The molecule has 1 N–H and O–H groups in total. The van der Waals surface area contributed by atoms with Crippen molar-refractivity contribution in [3.05, 3.63) is 68.2 Å². The highest BCUT2D eigenvalue weighted by atomic mass is 35.5. The van der Waals surface area contributed by atoms with Crippen molar-refractivity contribution >= 4 is 40.8 Å². The van der Waals surface area contributed by atoms with Crippen molar-refractivity contribution in [3.8, 4) is 0 Å². The average Bonchev–Trinajstić information content (AvgIpc) is 2.41. The molecule has 0 saturated carbocycles. The van der Waals surface area contributed by atoms with Crippen LogP contribution in [0.4, 0.5) is 0 Å². The smallest absolute Gasteiger partial charge is 0.311 e. The van der Waals surface area contributed by atoms with E-state index in [1.54, 1.807) is 30.3 Å². The van der Waals surface area contributed by atoms with Gasteiger partial charge in [0.15, 0.2) is 0 Å². The average molecular weight is 344 g/mol. The fourth-order valence-electron chi connectivity index (χ4n) is 2.08. The number of aliphatic carboxylic acids is 1. The quantitative estimate of drug-likeness (QED) is 0.810. The van der Waals surface area contributed by atoms with E-state index in [2.05, 4.69) is 0 Å². The van der Waals surface area contributed by atoms with Gasteiger partial charge in [0, 0.05) is 15.1 Å². The van der Waals surface area contributed by atoms with Crippen LogP contribution in [0.25, 0.3) is 0 Å². The van der Waals surface area contributed by atoms with E-state index >= 15 is 0 Å². The van der Waals surface area contributed by atoms with Crippen molar-refractivity contribution in [2.45, 2.75) is 19.3 Å². The van der Waals surface area contributed by atoms with E-state index in [1.165, 1.54) is 0 Å². The van der Waals surface area contributed by atoms with Crippen LogP contribution >= 0.6 is 34.8 Å². The Balaban J connectivity index is 2.35. The van der Waals surface area contributed by atoms with Gasteiger partial charge in [-0.05, 0) is 48.2 Å². The molecule has 0 aromatic heterocycles. The molecule has 110 valence electrons. The standard InChI is InChI=1S/C16H13Cl3O2/c1-9-2-3-10(7-14(9)18)13(16(20)21)6-11-4-5-12(17)8-15(11)19/h2-5,7-8,13H,6H2,1H3,(H,20,21). The molecule has 21 heavy (non-hydrogen) atoms. The molecule has 2 nitrogen and oxygen atoms in total. The number of hydrogen-bond donors (Lipinski definition) is 1. The minimum absolute atomic E-state index is 0.282. The maximum absolute atomic E-state index is 11.6. The Labute approximate surface area is 138 Å². The van der Waals surface area contributed by atoms with E-state index in [0.29, 0.717) is 20.6 Å². The van der Waals surface area contributed by atoms with Gasteiger partial charge >= 0.3 is 5.97 Å². The summed E-state index contributed by atoms with van der Waals surface area (Å²) in [6.45, 7) is 1.87. The summed E-state index contributed by atoms with van der Waals surface area (Å²) in [7, 11) is 0. The van der Waals surface area contributed by atoms with Gasteiger partial charge < -0.3 is 5.11 Å². The van der Waals surface area contributed by atoms with Crippen molar-refractivity contribution in [2.24, 2.45) is 0 Å². The van der Waals surface area contributed by atoms with Crippen molar-refractivity contribution in [1.29, 1.82) is 0 Å². The highest BCUT2D eigenvalue weighted by molar-refractivity contribution is 6.35. The lowest BCUT2D eigenvalue weighted by atomic mass is 9.91. The van der Waals surface area contributed by atoms with E-state index < -0.39 is 11.9 Å². The lowest BCUT2D eigenvalue weighted by Crippen LogP contribution is -2.14. The predicted molar refractivity (Wildman–Crippen MR) is 86.7 cm³/mol. The van der Waals surface area contributed by atoms with Gasteiger partial charge in [-0.3, -0.25) is 4.79 Å². The zero-order valence-electron chi connectivity index (χ0n) is 11.2. The second kappa shape index (κ2) is 6.69. The molecule has 2 aromatic rings. The van der Waals surface area contributed by atoms with E-state index in [9.17, 15) is 9.90 Å². The zero-order valence-corrected chi connectivity index (χ0v) is 13.5. The molecule has 1 atom stereocenters. The van der Waals surface area contributed by atoms with Crippen LogP contribution in [0.2, 0.25) is 15.1 Å². The number of halogens is 3. The van der Waals surface area contributed by atoms with Crippen molar-refractivity contribution in [2.75, 3.05) is 0 Å². The van der Waals surface area contributed by atoms with E-state index in [0.717, 1.165) is 11.1 Å². The summed E-state index contributed by atoms with van der Waals surface area (Å²) in [6.07, 6.45) is 0.282. The summed E-state index contributed by atoms with van der Waals surface area (Å²) in [5, 5.41) is 11.0. The summed E-state index contributed by atoms with van der Waals surface area (Å²) in [6, 6.07) is 10.3. The molecule has 1 unspecified atom stereocenters. The Bertz CT molecular complexity index is 683. The van der Waals surface area contributed by atoms with Crippen LogP contribution in [0.5, 0.6) is 0 Å². The maximum Gasteiger partial charge on any atom is 0.311 e. The fraction of sp³-hybridized carbons (Fsp3) is 0.188. The summed E-state index contributed by atoms with van der Waals surface area (Å²) >= 11 is 18.1. The van der Waals surface area contributed by atoms with Crippen LogP contribution in [0, 0.1) is 6.92 Å². The van der Waals surface area contributed by atoms with Gasteiger partial charge in [0.05, 0.1) is 5.92 Å². The monoisotopic (exact) mass is 342 g/mol. The van der Waals surface area contributed by atoms with Gasteiger partial charge in [-0.1, -0.05) is 53.0 Å². The van der Waals surface area contributed by atoms with Crippen LogP contribution in [0.1, 0.15) is 22.6 Å². The molecule has 0 heterocycles. The van der Waals surface area contributed by atoms with Crippen molar-refractivity contribution in [3.63, 3.8) is 0 Å². The summed E-state index contributed by atoms with van der Waals surface area (Å²) in [5.74, 6) is -1.62. The largest absolute Gasteiger partial charge is 0.481 e. The third-order valence-corrected chi connectivity index (χ3v) is 4.33. The molecule has 0 bridgehead atoms. The number of hydrogen-bond acceptors (Lipinski definition) is 1. The van der Waals surface area contributed by atoms with Crippen LogP contribution in [-0.4, -0.2) is 11.1 Å². The molecular formula is C16H13Cl3O2. The molecule has 0 aliphatic carbocycles. The molecule has 5 heteroatoms. The predicted octanol–water partition coefficient (Wildman–Crippen LogP) is 5.37. The Morgan fingerprint density at radius 2 is 1.81 bits per heavy atom. The third kappa shape index (κ3) is 3.91. The topological polar surface area (TPSA) is 37.3 Å². The first-order valence-electron chi connectivity index (χ1n) is 6.31. The first kappa shape index (κ1) is 16.2. The molecular weight excluding hydrogens is 331 g/mol. The minimum atomic E-state index is -0.916. The van der Waals surface area contributed by atoms with E-state index in [-0.39, 0.29) is 6.42 Å². The van der Waals surface area contributed by atoms with Gasteiger partial charge in [0.25, 0.3) is 0 Å². The second-order valence-corrected chi connectivity index (χ2v) is 6.09. The Kier molecular flexibility index (Phi) is 5.15. The van der Waals surface area contributed by atoms with Crippen LogP contribution < -0.4 is 0 Å². The van der Waals surface area contributed by atoms with Gasteiger partial charge in [0.2, 0.25) is 0 Å². The second-order valence-electron chi connectivity index (χ2n) is 4.84. The Morgan fingerprint density at radius 3 is 2.38 bits per heavy atom. The SMILES string of the molecule is Cc1ccc(C(Cc2ccc(Cl)cc2Cl)C(=O)O)cc1Cl. The number of carboxylic acids is 1. The molecule has 0 aliphatic rings. The lowest BCUT2D eigenvalue weighted by molar-refractivity contribution is -0.138. The number of rotatable bonds is 4. The highest BCUT2D eigenvalue weighted by Crippen LogP contribution is 2.29. The molecule has 0 radical (unpaired) electrons. The summed E-state index contributed by atoms with van der Waals surface area (Å²) in [4.78, 5) is 11.6. The summed E-state index contributed by atoms with van der Waals surface area (Å²) < 4.78 is 0. The van der Waals surface area contributed by atoms with E-state index in [1.807, 2.05) is 13.0 Å². The van der Waals surface area contributed by atoms with Crippen LogP contribution in [0.15, 0.2) is 36.4 Å². The maximum atomic E-state index is 11.6. The number of carboxylic acid groups (broad SMARTS) is 1. The molecule has 0 aliphatic heterocycles. The zero-order chi connectivity index (χ0) is 15.6. The van der Waals surface area contributed by atoms with Crippen molar-refractivity contribution in [1.82, 2.24) is 0 Å². The normalized spacial score (nSPS) is 12.2. The molecule has 0 spiro atoms. The number of benzene rings is 2. The fourth-order valence-corrected chi connectivity index (χ4v) is 2.76. The van der Waals surface area contributed by atoms with Gasteiger partial charge in [0.1, 0.15) is 0 Å². The first-order valence-corrected chi connectivity index (χ1v) is 7.44. The molecule has 0 amide bonds. The molecule has 2 rings (SSSR count). The third-order valence-electron chi connectivity index (χ3n) is 3.34. The molecule has 0 saturated heterocycles. The highest BCUT2D eigenvalue weighted by Gasteiger charge is 2.22. The molecule has 2 aromatic carbocycles. The van der Waals surface area contributed by atoms with Gasteiger partial charge in [-0.15, -0.1) is 0 Å². The van der Waals surface area contributed by atoms with Gasteiger partial charge in [-0.25, -0.2) is 0 Å². The van der Waals surface area contributed by atoms with E-state index in [4.69, 9.17) is 34.8 Å². The Hall–Kier alpha value is -1.22. The minimum Gasteiger partial charge on any atom is -0.481 e. The lowest BCUT2D eigenvalue weighted by Gasteiger charge is -2.15. The van der Waals surface area contributed by atoms with Crippen molar-refractivity contribution < 1.29 is 9.90 Å². The first-order chi connectivity index (χ1) is 9.88. The number of aryl methyl sites for hydroxylation is 1.